The van der Waals surface area contributed by atoms with E-state index in [-0.39, 0.29) is 5.78 Å². The van der Waals surface area contributed by atoms with Crippen LogP contribution in [0.4, 0.5) is 5.69 Å². The standard InChI is InChI=1S/C10H9BrN4O/c1-15-9(5-13-14-15)10(16)7-3-2-6(11)4-8(7)12/h2-5H,12H2,1H3. The van der Waals surface area contributed by atoms with E-state index in [1.165, 1.54) is 10.9 Å². The van der Waals surface area contributed by atoms with E-state index in [9.17, 15) is 4.79 Å². The predicted octanol–water partition coefficient (Wildman–Crippen LogP) is 1.39. The highest BCUT2D eigenvalue weighted by molar-refractivity contribution is 9.10. The number of ketones is 1. The third-order valence-electron chi connectivity index (χ3n) is 2.21. The zero-order chi connectivity index (χ0) is 11.7. The van der Waals surface area contributed by atoms with Crippen LogP contribution in [0.3, 0.4) is 0 Å². The largest absolute Gasteiger partial charge is 0.398 e. The fraction of sp³-hybridized carbons (Fsp3) is 0.100. The topological polar surface area (TPSA) is 73.8 Å². The summed E-state index contributed by atoms with van der Waals surface area (Å²) < 4.78 is 2.26. The average Bonchev–Trinajstić information content (AvgIpc) is 2.63. The second-order valence-electron chi connectivity index (χ2n) is 3.30. The third-order valence-corrected chi connectivity index (χ3v) is 2.70. The van der Waals surface area contributed by atoms with E-state index in [0.717, 1.165) is 4.47 Å². The quantitative estimate of drug-likeness (QED) is 0.667. The van der Waals surface area contributed by atoms with Crippen molar-refractivity contribution in [2.45, 2.75) is 0 Å². The van der Waals surface area contributed by atoms with Crippen molar-refractivity contribution in [1.82, 2.24) is 15.0 Å². The maximum Gasteiger partial charge on any atom is 0.214 e. The van der Waals surface area contributed by atoms with Crippen LogP contribution in [0.15, 0.2) is 28.9 Å². The number of hydrogen-bond acceptors (Lipinski definition) is 4. The molecule has 0 fully saturated rings. The van der Waals surface area contributed by atoms with E-state index < -0.39 is 0 Å². The number of nitrogens with two attached hydrogens (primary N) is 1. The van der Waals surface area contributed by atoms with Crippen LogP contribution >= 0.6 is 15.9 Å². The van der Waals surface area contributed by atoms with Gasteiger partial charge in [-0.3, -0.25) is 4.79 Å². The molecule has 5 nitrogen and oxygen atoms in total. The predicted molar refractivity (Wildman–Crippen MR) is 63.0 cm³/mol. The molecule has 1 heterocycles. The summed E-state index contributed by atoms with van der Waals surface area (Å²) in [6.45, 7) is 0. The third kappa shape index (κ3) is 1.83. The number of carbonyl (C=O) groups excluding carboxylic acids is 1. The lowest BCUT2D eigenvalue weighted by Crippen LogP contribution is -2.10. The number of nitrogens with zero attached hydrogens (tertiary/aromatic N) is 3. The molecule has 0 unspecified atom stereocenters. The van der Waals surface area contributed by atoms with Gasteiger partial charge in [-0.2, -0.15) is 0 Å². The molecule has 0 aliphatic carbocycles. The smallest absolute Gasteiger partial charge is 0.214 e. The van der Waals surface area contributed by atoms with Gasteiger partial charge in [0.1, 0.15) is 5.69 Å². The van der Waals surface area contributed by atoms with Crippen molar-refractivity contribution < 1.29 is 4.79 Å². The summed E-state index contributed by atoms with van der Waals surface area (Å²) in [7, 11) is 1.66. The van der Waals surface area contributed by atoms with Crippen LogP contribution in [-0.2, 0) is 7.05 Å². The molecule has 0 bridgehead atoms. The first-order valence-corrected chi connectivity index (χ1v) is 5.33. The number of aryl methyl sites for hydroxylation is 1. The Morgan fingerprint density at radius 2 is 2.25 bits per heavy atom. The van der Waals surface area contributed by atoms with Gasteiger partial charge in [0.15, 0.2) is 0 Å². The Bertz CT molecular complexity index is 550. The molecule has 2 rings (SSSR count). The zero-order valence-electron chi connectivity index (χ0n) is 8.51. The number of carbonyl (C=O) groups is 1. The Hall–Kier alpha value is -1.69. The van der Waals surface area contributed by atoms with E-state index in [2.05, 4.69) is 26.2 Å². The zero-order valence-corrected chi connectivity index (χ0v) is 10.1. The van der Waals surface area contributed by atoms with E-state index in [1.807, 2.05) is 0 Å². The Kier molecular flexibility index (Phi) is 2.74. The van der Waals surface area contributed by atoms with E-state index in [1.54, 1.807) is 25.2 Å². The molecule has 16 heavy (non-hydrogen) atoms. The minimum Gasteiger partial charge on any atom is -0.398 e. The number of hydrogen-bond donors (Lipinski definition) is 1. The van der Waals surface area contributed by atoms with Crippen molar-refractivity contribution in [2.75, 3.05) is 5.73 Å². The minimum atomic E-state index is -0.183. The summed E-state index contributed by atoms with van der Waals surface area (Å²) in [5, 5.41) is 7.36. The first-order valence-electron chi connectivity index (χ1n) is 4.54. The van der Waals surface area contributed by atoms with Gasteiger partial charge in [-0.1, -0.05) is 21.1 Å². The van der Waals surface area contributed by atoms with Crippen LogP contribution in [0.1, 0.15) is 16.1 Å². The lowest BCUT2D eigenvalue weighted by atomic mass is 10.1. The Balaban J connectivity index is 2.46. The number of nitrogen functional groups attached to an aromatic ring is 1. The molecule has 0 aliphatic rings. The molecule has 0 saturated carbocycles. The fourth-order valence-corrected chi connectivity index (χ4v) is 1.75. The molecule has 1 aromatic heterocycles. The molecule has 1 aromatic carbocycles. The van der Waals surface area contributed by atoms with Crippen molar-refractivity contribution in [2.24, 2.45) is 7.05 Å². The van der Waals surface area contributed by atoms with Crippen LogP contribution in [0, 0.1) is 0 Å². The molecular formula is C10H9BrN4O. The van der Waals surface area contributed by atoms with Gasteiger partial charge < -0.3 is 5.73 Å². The summed E-state index contributed by atoms with van der Waals surface area (Å²) in [5.74, 6) is -0.183. The summed E-state index contributed by atoms with van der Waals surface area (Å²) >= 11 is 3.29. The van der Waals surface area contributed by atoms with Crippen molar-refractivity contribution in [1.29, 1.82) is 0 Å². The molecule has 0 aliphatic heterocycles. The molecule has 82 valence electrons. The average molecular weight is 281 g/mol. The van der Waals surface area contributed by atoms with Gasteiger partial charge in [0.25, 0.3) is 0 Å². The first kappa shape index (κ1) is 10.8. The molecule has 0 atom stereocenters. The molecule has 6 heteroatoms. The number of anilines is 1. The van der Waals surface area contributed by atoms with Gasteiger partial charge >= 0.3 is 0 Å². The van der Waals surface area contributed by atoms with Gasteiger partial charge in [-0.15, -0.1) is 5.10 Å². The fourth-order valence-electron chi connectivity index (χ4n) is 1.37. The van der Waals surface area contributed by atoms with Crippen molar-refractivity contribution in [3.63, 3.8) is 0 Å². The monoisotopic (exact) mass is 280 g/mol. The van der Waals surface area contributed by atoms with Gasteiger partial charge in [0.05, 0.1) is 6.20 Å². The highest BCUT2D eigenvalue weighted by atomic mass is 79.9. The second kappa shape index (κ2) is 4.05. The summed E-state index contributed by atoms with van der Waals surface area (Å²) in [6.07, 6.45) is 1.42. The van der Waals surface area contributed by atoms with Crippen LogP contribution in [0.5, 0.6) is 0 Å². The van der Waals surface area contributed by atoms with Crippen LogP contribution < -0.4 is 5.73 Å². The van der Waals surface area contributed by atoms with Gasteiger partial charge in [-0.05, 0) is 18.2 Å². The number of benzene rings is 1. The van der Waals surface area contributed by atoms with Crippen molar-refractivity contribution in [3.8, 4) is 0 Å². The van der Waals surface area contributed by atoms with E-state index >= 15 is 0 Å². The summed E-state index contributed by atoms with van der Waals surface area (Å²) in [4.78, 5) is 12.1. The van der Waals surface area contributed by atoms with Crippen LogP contribution in [-0.4, -0.2) is 20.8 Å². The second-order valence-corrected chi connectivity index (χ2v) is 4.22. The highest BCUT2D eigenvalue weighted by Crippen LogP contribution is 2.20. The molecule has 2 aromatic rings. The number of halogens is 1. The van der Waals surface area contributed by atoms with Crippen LogP contribution in [0.2, 0.25) is 0 Å². The van der Waals surface area contributed by atoms with Gasteiger partial charge in [-0.25, -0.2) is 4.68 Å². The van der Waals surface area contributed by atoms with Gasteiger partial charge in [0.2, 0.25) is 5.78 Å². The Labute approximate surface area is 100 Å². The lowest BCUT2D eigenvalue weighted by Gasteiger charge is -2.04. The minimum absolute atomic E-state index is 0.183. The summed E-state index contributed by atoms with van der Waals surface area (Å²) in [6, 6.07) is 5.14. The Morgan fingerprint density at radius 1 is 1.50 bits per heavy atom. The van der Waals surface area contributed by atoms with Crippen molar-refractivity contribution in [3.05, 3.63) is 40.1 Å². The number of aromatic nitrogens is 3. The highest BCUT2D eigenvalue weighted by Gasteiger charge is 2.16. The van der Waals surface area contributed by atoms with Crippen LogP contribution in [0.25, 0.3) is 0 Å². The van der Waals surface area contributed by atoms with Crippen molar-refractivity contribution >= 4 is 27.4 Å². The van der Waals surface area contributed by atoms with E-state index in [0.29, 0.717) is 16.9 Å². The van der Waals surface area contributed by atoms with Gasteiger partial charge in [0, 0.05) is 22.8 Å². The molecule has 0 spiro atoms. The molecular weight excluding hydrogens is 272 g/mol. The molecule has 0 radical (unpaired) electrons. The maximum absolute atomic E-state index is 12.1. The number of rotatable bonds is 2. The maximum atomic E-state index is 12.1. The Morgan fingerprint density at radius 3 is 2.81 bits per heavy atom. The first-order chi connectivity index (χ1) is 7.59. The lowest BCUT2D eigenvalue weighted by molar-refractivity contribution is 0.103. The molecule has 0 amide bonds. The summed E-state index contributed by atoms with van der Waals surface area (Å²) in [5.41, 5.74) is 7.07. The van der Waals surface area contributed by atoms with E-state index in [4.69, 9.17) is 5.73 Å². The molecule has 0 saturated heterocycles. The normalized spacial score (nSPS) is 10.4. The SMILES string of the molecule is Cn1nncc1C(=O)c1ccc(Br)cc1N. The molecule has 2 N–H and O–H groups in total.